The molecule has 10 N–H and O–H groups in total. The molecule has 6 aliphatic rings. The van der Waals surface area contributed by atoms with Crippen LogP contribution in [0.2, 0.25) is 0 Å². The highest BCUT2D eigenvalue weighted by atomic mass is 32.1. The molecule has 9 heterocycles. The van der Waals surface area contributed by atoms with Crippen LogP contribution in [0, 0.1) is 15.7 Å². The summed E-state index contributed by atoms with van der Waals surface area (Å²) in [5.74, 6) is -5.38. The standard InChI is InChI=1S/C81H96N18O13S/c1-45(82-9)70(100)88-67(80(3,4)5)76(106)96-33-31-63-65(96)74(104)85-60(39-49-19-25-51-15-11-13-17-53(51)35-49)72(102)84-59(69-90-79(113)112-93-69)37-47-21-27-57(28-22-47)110-43-55-41-99(95-91-55)64-32-34-97(77(107)68(81(6,7)8)89-71(101)46(2)83-10)66(64)75(105)86-61(40-50-20-26-52-16-12-14-18-54(52)36-50)73(103)87-62(78(108)109)38-48-23-29-58(30-24-48)111-44-56-42-98(63)94-92-56/h11-30,35-36,41-42,45-46,59-68,82-83H,31-34,37-40,43-44H2,1-10H3,(H,84,102)(H,85,104)(H,86,105)(H,87,103)(H,88,100)(H,89,101)(H,108,109)(H,90,93,113)/t45-,46-,59-,60-,61-,62+,63+,64+,65-,66-,67+,68+/m0/s1. The van der Waals surface area contributed by atoms with Gasteiger partial charge in [-0.25, -0.2) is 19.3 Å². The second-order valence-corrected chi connectivity index (χ2v) is 31.6. The van der Waals surface area contributed by atoms with Crippen LogP contribution >= 0.6 is 12.2 Å². The molecule has 0 saturated carbocycles. The van der Waals surface area contributed by atoms with E-state index in [1.54, 1.807) is 110 Å². The number of aromatic amines is 1. The summed E-state index contributed by atoms with van der Waals surface area (Å²) in [6.07, 6.45) is 3.30. The number of carboxylic acid groups (broad SMARTS) is 1. The molecule has 8 amide bonds. The summed E-state index contributed by atoms with van der Waals surface area (Å²) in [7, 11) is 3.25. The lowest BCUT2D eigenvalue weighted by atomic mass is 9.85. The first-order chi connectivity index (χ1) is 54.0. The van der Waals surface area contributed by atoms with E-state index in [0.717, 1.165) is 21.5 Å². The molecule has 3 aromatic heterocycles. The third-order valence-electron chi connectivity index (χ3n) is 21.1. The molecular formula is C81H96N18O13S. The van der Waals surface area contributed by atoms with Crippen molar-refractivity contribution in [3.05, 3.63) is 190 Å². The van der Waals surface area contributed by atoms with Gasteiger partial charge in [-0.05, 0) is 138 Å². The highest BCUT2D eigenvalue weighted by Gasteiger charge is 2.51. The Hall–Kier alpha value is -11.8. The first-order valence-corrected chi connectivity index (χ1v) is 38.2. The number of nitrogens with one attached hydrogen (secondary N) is 9. The normalized spacial score (nSPS) is 21.4. The number of amides is 8. The lowest BCUT2D eigenvalue weighted by molar-refractivity contribution is -0.145. The molecule has 2 saturated heterocycles. The fourth-order valence-corrected chi connectivity index (χ4v) is 14.6. The molecule has 32 heteroatoms. The molecule has 594 valence electrons. The summed E-state index contributed by atoms with van der Waals surface area (Å²) in [6.45, 7) is 13.9. The first kappa shape index (κ1) is 80.7. The number of likely N-dealkylation sites (tertiary alicyclic amines) is 2. The molecular weight excluding hydrogens is 1470 g/mol. The largest absolute Gasteiger partial charge is 0.487 e. The van der Waals surface area contributed by atoms with Crippen LogP contribution in [0.15, 0.2) is 150 Å². The Labute approximate surface area is 657 Å². The fraction of sp³-hybridized carbons (Fsp3) is 0.420. The van der Waals surface area contributed by atoms with Crippen molar-refractivity contribution in [3.63, 3.8) is 0 Å². The van der Waals surface area contributed by atoms with Gasteiger partial charge in [0.1, 0.15) is 78.4 Å². The van der Waals surface area contributed by atoms with Gasteiger partial charge in [0.2, 0.25) is 47.3 Å². The number of nitrogens with zero attached hydrogens (tertiary/aromatic N) is 9. The zero-order valence-electron chi connectivity index (χ0n) is 64.6. The van der Waals surface area contributed by atoms with Crippen molar-refractivity contribution in [1.29, 1.82) is 0 Å². The maximum absolute atomic E-state index is 15.8. The number of fused-ring (bicyclic) bond motifs is 2. The van der Waals surface area contributed by atoms with Gasteiger partial charge in [-0.3, -0.25) is 38.4 Å². The second-order valence-electron chi connectivity index (χ2n) is 31.3. The Kier molecular flexibility index (Phi) is 24.9. The van der Waals surface area contributed by atoms with E-state index in [1.807, 2.05) is 106 Å². The van der Waals surface area contributed by atoms with Crippen molar-refractivity contribution >= 4 is 87.0 Å². The lowest BCUT2D eigenvalue weighted by Crippen LogP contribution is -2.61. The van der Waals surface area contributed by atoms with Crippen molar-refractivity contribution in [2.24, 2.45) is 10.8 Å². The summed E-state index contributed by atoms with van der Waals surface area (Å²) in [5, 5.41) is 58.7. The van der Waals surface area contributed by atoms with Crippen molar-refractivity contribution in [1.82, 2.24) is 92.5 Å². The lowest BCUT2D eigenvalue weighted by Gasteiger charge is -2.37. The number of carbonyl (C=O) groups is 9. The maximum atomic E-state index is 15.8. The molecule has 0 radical (unpaired) electrons. The van der Waals surface area contributed by atoms with Crippen LogP contribution in [-0.2, 0) is 82.0 Å². The van der Waals surface area contributed by atoms with Gasteiger partial charge in [-0.1, -0.05) is 161 Å². The Morgan fingerprint density at radius 3 is 1.39 bits per heavy atom. The Morgan fingerprint density at radius 2 is 0.982 bits per heavy atom. The quantitative estimate of drug-likeness (QED) is 0.0590. The summed E-state index contributed by atoms with van der Waals surface area (Å²) >= 11 is 5.34. The predicted octanol–water partition coefficient (Wildman–Crippen LogP) is 5.62. The zero-order valence-corrected chi connectivity index (χ0v) is 65.5. The number of hydrogen-bond donors (Lipinski definition) is 10. The van der Waals surface area contributed by atoms with E-state index in [9.17, 15) is 19.5 Å². The monoisotopic (exact) mass is 1560 g/mol. The van der Waals surface area contributed by atoms with Gasteiger partial charge in [0.25, 0.3) is 0 Å². The maximum Gasteiger partial charge on any atom is 0.326 e. The van der Waals surface area contributed by atoms with Crippen LogP contribution in [0.4, 0.5) is 0 Å². The van der Waals surface area contributed by atoms with Gasteiger partial charge >= 0.3 is 10.8 Å². The van der Waals surface area contributed by atoms with Crippen LogP contribution in [0.3, 0.4) is 0 Å². The predicted molar refractivity (Wildman–Crippen MR) is 418 cm³/mol. The number of carboxylic acids is 1. The molecule has 6 aromatic carbocycles. The minimum Gasteiger partial charge on any atom is -0.487 e. The Balaban J connectivity index is 0.901. The summed E-state index contributed by atoms with van der Waals surface area (Å²) in [4.78, 5) is 140. The average Bonchev–Trinajstić information content (AvgIpc) is 1.64. The van der Waals surface area contributed by atoms with Crippen LogP contribution < -0.4 is 52.0 Å². The van der Waals surface area contributed by atoms with Crippen LogP contribution in [-0.4, -0.2) is 190 Å². The molecule has 6 aliphatic heterocycles. The number of carbonyl (C=O) groups excluding carboxylic acids is 8. The third-order valence-corrected chi connectivity index (χ3v) is 21.2. The smallest absolute Gasteiger partial charge is 0.326 e. The van der Waals surface area contributed by atoms with Crippen LogP contribution in [0.5, 0.6) is 11.5 Å². The van der Waals surface area contributed by atoms with Crippen molar-refractivity contribution in [3.8, 4) is 11.5 Å². The van der Waals surface area contributed by atoms with Crippen LogP contribution in [0.1, 0.15) is 126 Å². The van der Waals surface area contributed by atoms with Gasteiger partial charge < -0.3 is 71.4 Å². The number of aliphatic carboxylic acids is 1. The molecule has 0 unspecified atom stereocenters. The highest BCUT2D eigenvalue weighted by molar-refractivity contribution is 7.71. The minimum atomic E-state index is -1.53. The molecule has 0 aliphatic carbocycles. The molecule has 31 nitrogen and oxygen atoms in total. The summed E-state index contributed by atoms with van der Waals surface area (Å²) in [6, 6.07) is 26.8. The summed E-state index contributed by atoms with van der Waals surface area (Å²) < 4.78 is 21.0. The number of benzene rings is 6. The van der Waals surface area contributed by atoms with Gasteiger partial charge in [-0.15, -0.1) is 10.2 Å². The number of hydrogen-bond acceptors (Lipinski definition) is 20. The van der Waals surface area contributed by atoms with E-state index in [2.05, 4.69) is 73.3 Å². The Bertz CT molecular complexity index is 5030. The molecule has 0 spiro atoms. The number of H-pyrrole nitrogens is 1. The number of ether oxygens (including phenoxy) is 2. The van der Waals surface area contributed by atoms with Crippen molar-refractivity contribution < 1.29 is 62.3 Å². The van der Waals surface area contributed by atoms with E-state index < -0.39 is 137 Å². The number of rotatable bonds is 14. The number of likely N-dealkylation sites (N-methyl/N-ethyl adjacent to an activating group) is 2. The minimum absolute atomic E-state index is 0.0103. The summed E-state index contributed by atoms with van der Waals surface area (Å²) in [5.41, 5.74) is 1.41. The van der Waals surface area contributed by atoms with E-state index in [-0.39, 0.29) is 75.5 Å². The average molecular weight is 1560 g/mol. The van der Waals surface area contributed by atoms with E-state index in [4.69, 9.17) is 26.2 Å². The number of aromatic nitrogens is 8. The molecule has 15 rings (SSSR count). The van der Waals surface area contributed by atoms with Gasteiger partial charge in [0.15, 0.2) is 5.82 Å². The van der Waals surface area contributed by atoms with Crippen molar-refractivity contribution in [2.45, 2.75) is 180 Å². The SMILES string of the molecule is CN[C@@H](C)C(=O)N[C@H](C(=O)N1CC[C@@H]2[C@H]1C(=O)N[C@@H](Cc1ccc3ccccc3c1)C(=O)N[C@H](c1nc(=S)o[nH]1)Cc1ccc(cc1)OCc1cn(nn1)[C@@H]1CCN(C(=O)[C@@H](NC(=O)[C@H](C)NC)C(C)(C)C)[C@@H]1C(=O)N[C@@H](Cc1ccc3ccccc3c1)C(=O)N[C@@H](C(=O)O)Cc1ccc(cc1)OCc1cn2nn1)C(C)(C)C. The Morgan fingerprint density at radius 1 is 0.558 bits per heavy atom. The fourth-order valence-electron chi connectivity index (χ4n) is 14.5. The molecule has 12 atom stereocenters. The van der Waals surface area contributed by atoms with Crippen LogP contribution in [0.25, 0.3) is 21.5 Å². The highest BCUT2D eigenvalue weighted by Crippen LogP contribution is 2.36. The van der Waals surface area contributed by atoms with E-state index in [0.29, 0.717) is 45.1 Å². The molecule has 9 aromatic rings. The van der Waals surface area contributed by atoms with Gasteiger partial charge in [0.05, 0.1) is 42.6 Å². The van der Waals surface area contributed by atoms with E-state index >= 15 is 28.8 Å². The second kappa shape index (κ2) is 34.9. The molecule has 113 heavy (non-hydrogen) atoms. The zero-order chi connectivity index (χ0) is 80.6. The molecule has 8 bridgehead atoms. The third kappa shape index (κ3) is 19.4. The van der Waals surface area contributed by atoms with Crippen molar-refractivity contribution in [2.75, 3.05) is 27.2 Å². The molecule has 2 fully saturated rings. The van der Waals surface area contributed by atoms with Gasteiger partial charge in [0, 0.05) is 32.4 Å². The topological polar surface area (TPSA) is 398 Å². The van der Waals surface area contributed by atoms with Gasteiger partial charge in [-0.2, -0.15) is 4.98 Å². The first-order valence-electron chi connectivity index (χ1n) is 37.7. The van der Waals surface area contributed by atoms with E-state index in [1.165, 1.54) is 19.2 Å².